The lowest BCUT2D eigenvalue weighted by atomic mass is 9.95. The second-order valence-electron chi connectivity index (χ2n) is 5.30. The van der Waals surface area contributed by atoms with Gasteiger partial charge in [0, 0.05) is 24.7 Å². The first-order valence-corrected chi connectivity index (χ1v) is 6.92. The molecular weight excluding hydrogens is 277 g/mol. The number of likely N-dealkylation sites (tertiary alicyclic amines) is 1. The Hall–Kier alpha value is -2.02. The number of nitro groups is 1. The molecule has 0 aromatic heterocycles. The highest BCUT2D eigenvalue weighted by molar-refractivity contribution is 5.95. The number of benzene rings is 1. The normalized spacial score (nSPS) is 22.1. The van der Waals surface area contributed by atoms with Crippen LogP contribution >= 0.6 is 0 Å². The van der Waals surface area contributed by atoms with E-state index in [2.05, 4.69) is 0 Å². The van der Waals surface area contributed by atoms with E-state index in [0.29, 0.717) is 6.54 Å². The molecule has 1 aromatic carbocycles. The maximum atomic E-state index is 14.0. The van der Waals surface area contributed by atoms with Crippen molar-refractivity contribution in [1.29, 1.82) is 0 Å². The molecule has 2 N–H and O–H groups in total. The number of carbonyl (C=O) groups is 1. The van der Waals surface area contributed by atoms with Gasteiger partial charge in [0.2, 0.25) is 0 Å². The summed E-state index contributed by atoms with van der Waals surface area (Å²) in [6.07, 6.45) is 2.62. The molecule has 2 rings (SSSR count). The lowest BCUT2D eigenvalue weighted by molar-refractivity contribution is -0.385. The van der Waals surface area contributed by atoms with Crippen molar-refractivity contribution in [3.8, 4) is 0 Å². The topological polar surface area (TPSA) is 89.5 Å². The minimum atomic E-state index is -0.872. The fraction of sp³-hybridized carbons (Fsp3) is 0.500. The summed E-state index contributed by atoms with van der Waals surface area (Å²) in [7, 11) is 0. The average Bonchev–Trinajstić information content (AvgIpc) is 2.46. The van der Waals surface area contributed by atoms with Crippen LogP contribution < -0.4 is 5.73 Å². The summed E-state index contributed by atoms with van der Waals surface area (Å²) >= 11 is 0. The third kappa shape index (κ3) is 3.02. The monoisotopic (exact) mass is 295 g/mol. The smallest absolute Gasteiger partial charge is 0.272 e. The summed E-state index contributed by atoms with van der Waals surface area (Å²) in [4.78, 5) is 24.1. The fourth-order valence-electron chi connectivity index (χ4n) is 2.81. The molecule has 0 spiro atoms. The van der Waals surface area contributed by atoms with Gasteiger partial charge in [-0.2, -0.15) is 0 Å². The number of hydrogen-bond donors (Lipinski definition) is 1. The Balaban J connectivity index is 2.32. The summed E-state index contributed by atoms with van der Waals surface area (Å²) in [5.41, 5.74) is 5.18. The van der Waals surface area contributed by atoms with Gasteiger partial charge in [0.05, 0.1) is 16.6 Å². The molecule has 1 aliphatic rings. The van der Waals surface area contributed by atoms with Crippen molar-refractivity contribution in [2.45, 2.75) is 38.3 Å². The Bertz CT molecular complexity index is 564. The standard InChI is InChI=1S/C14H18FN3O3/c1-9-3-2-4-11(8-16)17(9)14(19)12-6-5-10(18(20)21)7-13(12)15/h5-7,9,11H,2-4,8,16H2,1H3. The number of hydrogen-bond acceptors (Lipinski definition) is 4. The molecule has 0 saturated carbocycles. The maximum absolute atomic E-state index is 14.0. The Morgan fingerprint density at radius 3 is 2.81 bits per heavy atom. The second kappa shape index (κ2) is 6.17. The number of piperidine rings is 1. The van der Waals surface area contributed by atoms with Crippen molar-refractivity contribution in [1.82, 2.24) is 4.90 Å². The van der Waals surface area contributed by atoms with E-state index < -0.39 is 16.6 Å². The SMILES string of the molecule is CC1CCCC(CN)N1C(=O)c1ccc([N+](=O)[O-])cc1F. The zero-order chi connectivity index (χ0) is 15.6. The number of nitrogens with zero attached hydrogens (tertiary/aromatic N) is 2. The average molecular weight is 295 g/mol. The Labute approximate surface area is 121 Å². The van der Waals surface area contributed by atoms with Gasteiger partial charge in [-0.25, -0.2) is 4.39 Å². The fourth-order valence-corrected chi connectivity index (χ4v) is 2.81. The van der Waals surface area contributed by atoms with Crippen LogP contribution in [0.5, 0.6) is 0 Å². The molecule has 0 radical (unpaired) electrons. The molecule has 7 heteroatoms. The number of carbonyl (C=O) groups excluding carboxylic acids is 1. The molecule has 6 nitrogen and oxygen atoms in total. The van der Waals surface area contributed by atoms with Crippen LogP contribution in [-0.4, -0.2) is 34.4 Å². The van der Waals surface area contributed by atoms with Crippen molar-refractivity contribution in [3.05, 3.63) is 39.7 Å². The number of amides is 1. The van der Waals surface area contributed by atoms with Crippen LogP contribution in [0.15, 0.2) is 18.2 Å². The summed E-state index contributed by atoms with van der Waals surface area (Å²) in [6.45, 7) is 2.23. The zero-order valence-electron chi connectivity index (χ0n) is 11.8. The van der Waals surface area contributed by atoms with Crippen LogP contribution in [0, 0.1) is 15.9 Å². The predicted octanol–water partition coefficient (Wildman–Crippen LogP) is 2.08. The largest absolute Gasteiger partial charge is 0.332 e. The first-order chi connectivity index (χ1) is 9.95. The molecule has 21 heavy (non-hydrogen) atoms. The van der Waals surface area contributed by atoms with Crippen molar-refractivity contribution in [2.24, 2.45) is 5.73 Å². The predicted molar refractivity (Wildman–Crippen MR) is 75.4 cm³/mol. The molecule has 2 unspecified atom stereocenters. The number of halogens is 1. The highest BCUT2D eigenvalue weighted by Gasteiger charge is 2.33. The summed E-state index contributed by atoms with van der Waals surface area (Å²) in [5.74, 6) is -1.33. The lowest BCUT2D eigenvalue weighted by Crippen LogP contribution is -2.52. The Kier molecular flexibility index (Phi) is 4.52. The van der Waals surface area contributed by atoms with E-state index in [0.717, 1.165) is 31.4 Å². The van der Waals surface area contributed by atoms with Crippen LogP contribution in [0.1, 0.15) is 36.5 Å². The van der Waals surface area contributed by atoms with Crippen LogP contribution in [-0.2, 0) is 0 Å². The Morgan fingerprint density at radius 1 is 1.52 bits per heavy atom. The molecule has 2 atom stereocenters. The first-order valence-electron chi connectivity index (χ1n) is 6.92. The molecule has 0 bridgehead atoms. The van der Waals surface area contributed by atoms with Gasteiger partial charge in [-0.3, -0.25) is 14.9 Å². The molecule has 1 amide bonds. The van der Waals surface area contributed by atoms with Gasteiger partial charge < -0.3 is 10.6 Å². The van der Waals surface area contributed by atoms with Gasteiger partial charge in [0.1, 0.15) is 5.82 Å². The number of rotatable bonds is 3. The number of nitrogens with two attached hydrogens (primary N) is 1. The molecule has 1 saturated heterocycles. The van der Waals surface area contributed by atoms with E-state index in [1.54, 1.807) is 4.90 Å². The van der Waals surface area contributed by atoms with Gasteiger partial charge in [-0.15, -0.1) is 0 Å². The van der Waals surface area contributed by atoms with Crippen LogP contribution in [0.2, 0.25) is 0 Å². The minimum absolute atomic E-state index is 0.0191. The highest BCUT2D eigenvalue weighted by atomic mass is 19.1. The van der Waals surface area contributed by atoms with E-state index in [9.17, 15) is 19.3 Å². The molecule has 1 aliphatic heterocycles. The van der Waals surface area contributed by atoms with E-state index in [-0.39, 0.29) is 23.3 Å². The molecule has 1 heterocycles. The van der Waals surface area contributed by atoms with Crippen LogP contribution in [0.3, 0.4) is 0 Å². The van der Waals surface area contributed by atoms with E-state index in [1.165, 1.54) is 6.07 Å². The summed E-state index contributed by atoms with van der Waals surface area (Å²) < 4.78 is 14.0. The molecular formula is C14H18FN3O3. The Morgan fingerprint density at radius 2 is 2.24 bits per heavy atom. The zero-order valence-corrected chi connectivity index (χ0v) is 11.8. The second-order valence-corrected chi connectivity index (χ2v) is 5.30. The van der Waals surface area contributed by atoms with Gasteiger partial charge in [-0.05, 0) is 32.3 Å². The minimum Gasteiger partial charge on any atom is -0.332 e. The quantitative estimate of drug-likeness (QED) is 0.683. The van der Waals surface area contributed by atoms with Crippen LogP contribution in [0.25, 0.3) is 0 Å². The number of nitro benzene ring substituents is 1. The molecule has 1 aromatic rings. The summed E-state index contributed by atoms with van der Waals surface area (Å²) in [6, 6.07) is 2.96. The van der Waals surface area contributed by atoms with E-state index >= 15 is 0 Å². The maximum Gasteiger partial charge on any atom is 0.272 e. The van der Waals surface area contributed by atoms with E-state index in [4.69, 9.17) is 5.73 Å². The van der Waals surface area contributed by atoms with Gasteiger partial charge >= 0.3 is 0 Å². The van der Waals surface area contributed by atoms with Crippen LogP contribution in [0.4, 0.5) is 10.1 Å². The highest BCUT2D eigenvalue weighted by Crippen LogP contribution is 2.26. The lowest BCUT2D eigenvalue weighted by Gasteiger charge is -2.40. The van der Waals surface area contributed by atoms with Crippen molar-refractivity contribution >= 4 is 11.6 Å². The third-order valence-corrected chi connectivity index (χ3v) is 3.93. The van der Waals surface area contributed by atoms with Gasteiger partial charge in [-0.1, -0.05) is 0 Å². The van der Waals surface area contributed by atoms with Crippen molar-refractivity contribution in [2.75, 3.05) is 6.54 Å². The molecule has 1 fully saturated rings. The van der Waals surface area contributed by atoms with Crippen molar-refractivity contribution < 1.29 is 14.1 Å². The van der Waals surface area contributed by atoms with E-state index in [1.807, 2.05) is 6.92 Å². The third-order valence-electron chi connectivity index (χ3n) is 3.93. The van der Waals surface area contributed by atoms with Crippen molar-refractivity contribution in [3.63, 3.8) is 0 Å². The van der Waals surface area contributed by atoms with Gasteiger partial charge in [0.25, 0.3) is 11.6 Å². The number of non-ortho nitro benzene ring substituents is 1. The van der Waals surface area contributed by atoms with Gasteiger partial charge in [0.15, 0.2) is 0 Å². The molecule has 0 aliphatic carbocycles. The summed E-state index contributed by atoms with van der Waals surface area (Å²) in [5, 5.41) is 10.6. The molecule has 114 valence electrons. The first kappa shape index (κ1) is 15.4.